The van der Waals surface area contributed by atoms with Crippen molar-refractivity contribution in [3.63, 3.8) is 0 Å². The molecule has 6 heteroatoms. The van der Waals surface area contributed by atoms with Crippen LogP contribution >= 0.6 is 0 Å². The molecule has 4 aromatic heterocycles. The zero-order chi connectivity index (χ0) is 49.7. The Morgan fingerprint density at radius 3 is 0.787 bits per heavy atom. The first-order valence-electron chi connectivity index (χ1n) is 25.3. The van der Waals surface area contributed by atoms with Gasteiger partial charge in [-0.3, -0.25) is 0 Å². The summed E-state index contributed by atoms with van der Waals surface area (Å²) in [6.07, 6.45) is 0. The summed E-state index contributed by atoms with van der Waals surface area (Å²) in [4.78, 5) is 0. The maximum Gasteiger partial charge on any atom is 0.0991 e. The third kappa shape index (κ3) is 6.18. The Morgan fingerprint density at radius 1 is 0.267 bits per heavy atom. The van der Waals surface area contributed by atoms with Crippen LogP contribution in [0.2, 0.25) is 0 Å². The van der Waals surface area contributed by atoms with Crippen molar-refractivity contribution in [2.75, 3.05) is 0 Å². The highest BCUT2D eigenvalue weighted by Crippen LogP contribution is 2.52. The smallest absolute Gasteiger partial charge is 0.0991 e. The predicted octanol–water partition coefficient (Wildman–Crippen LogP) is 17.2. The Morgan fingerprint density at radius 2 is 0.507 bits per heavy atom. The van der Waals surface area contributed by atoms with Crippen LogP contribution < -0.4 is 0 Å². The minimum Gasteiger partial charge on any atom is -0.336 e. The number of para-hydroxylation sites is 8. The molecule has 0 atom stereocenters. The number of hydrogen-bond donors (Lipinski definition) is 0. The van der Waals surface area contributed by atoms with Gasteiger partial charge in [0.1, 0.15) is 0 Å². The van der Waals surface area contributed by atoms with Crippen molar-refractivity contribution in [1.82, 2.24) is 18.3 Å². The zero-order valence-electron chi connectivity index (χ0n) is 40.5. The first-order valence-corrected chi connectivity index (χ1v) is 25.3. The Balaban J connectivity index is 1.30. The number of aromatic nitrogens is 4. The molecule has 0 spiro atoms. The molecule has 11 aromatic carbocycles. The van der Waals surface area contributed by atoms with Crippen LogP contribution in [0.1, 0.15) is 16.7 Å². The van der Waals surface area contributed by atoms with E-state index in [1.807, 2.05) is 24.3 Å². The van der Waals surface area contributed by atoms with Crippen LogP contribution in [-0.4, -0.2) is 18.3 Å². The molecule has 6 nitrogen and oxygen atoms in total. The summed E-state index contributed by atoms with van der Waals surface area (Å²) in [5, 5.41) is 30.0. The molecule has 0 radical (unpaired) electrons. The molecule has 4 heterocycles. The van der Waals surface area contributed by atoms with Crippen molar-refractivity contribution in [2.45, 2.75) is 6.54 Å². The summed E-state index contributed by atoms with van der Waals surface area (Å²) in [5.41, 5.74) is 17.8. The second kappa shape index (κ2) is 16.6. The summed E-state index contributed by atoms with van der Waals surface area (Å²) in [6.45, 7) is 0.459. The highest BCUT2D eigenvalue weighted by atomic mass is 15.1. The average Bonchev–Trinajstić information content (AvgIpc) is 4.27. The largest absolute Gasteiger partial charge is 0.336 e. The number of benzene rings is 11. The number of nitrogens with zero attached hydrogens (tertiary/aromatic N) is 6. The monoisotopic (exact) mass is 954 g/mol. The van der Waals surface area contributed by atoms with E-state index < -0.39 is 0 Å². The van der Waals surface area contributed by atoms with E-state index in [9.17, 15) is 10.5 Å². The Hall–Kier alpha value is -10.4. The van der Waals surface area contributed by atoms with E-state index in [1.54, 1.807) is 0 Å². The maximum absolute atomic E-state index is 10.4. The summed E-state index contributed by atoms with van der Waals surface area (Å²) in [7, 11) is 0. The molecule has 0 saturated carbocycles. The van der Waals surface area contributed by atoms with Gasteiger partial charge in [0.2, 0.25) is 0 Å². The quantitative estimate of drug-likeness (QED) is 0.160. The molecule has 0 bridgehead atoms. The van der Waals surface area contributed by atoms with E-state index in [2.05, 4.69) is 249 Å². The average molecular weight is 955 g/mol. The van der Waals surface area contributed by atoms with Gasteiger partial charge < -0.3 is 18.3 Å². The highest BCUT2D eigenvalue weighted by molar-refractivity contribution is 6.16. The van der Waals surface area contributed by atoms with E-state index >= 15 is 0 Å². The molecule has 75 heavy (non-hydrogen) atoms. The van der Waals surface area contributed by atoms with Gasteiger partial charge in [-0.2, -0.15) is 10.5 Å². The fourth-order valence-electron chi connectivity index (χ4n) is 12.4. The normalized spacial score (nSPS) is 11.8. The van der Waals surface area contributed by atoms with Crippen LogP contribution in [-0.2, 0) is 6.54 Å². The molecular weight excluding hydrogens is 913 g/mol. The second-order valence-corrected chi connectivity index (χ2v) is 19.4. The topological polar surface area (TPSA) is 67.3 Å². The van der Waals surface area contributed by atoms with Gasteiger partial charge in [-0.05, 0) is 89.5 Å². The lowest BCUT2D eigenvalue weighted by molar-refractivity contribution is 0.867. The SMILES string of the molecule is N#Cc1ccc(-c2c(Cn3c4ccccc4c4ccccc43)c(-c3ccc(C#N)cc3)c(-n3c4ccccc4c4ccccc43)c(-n3c4ccccc4c4ccccc43)c2-n2c3ccccc3c3ccccc32)cc1. The first kappa shape index (κ1) is 42.3. The number of rotatable bonds is 7. The van der Waals surface area contributed by atoms with Crippen LogP contribution in [0.4, 0.5) is 0 Å². The molecule has 0 fully saturated rings. The van der Waals surface area contributed by atoms with Crippen LogP contribution in [0.15, 0.2) is 243 Å². The Kier molecular flexibility index (Phi) is 9.35. The molecule has 15 aromatic rings. The lowest BCUT2D eigenvalue weighted by Crippen LogP contribution is -2.16. The number of fused-ring (bicyclic) bond motifs is 12. The predicted molar refractivity (Wildman–Crippen MR) is 308 cm³/mol. The minimum atomic E-state index is 0.459. The van der Waals surface area contributed by atoms with Gasteiger partial charge in [0.15, 0.2) is 0 Å². The van der Waals surface area contributed by atoms with Gasteiger partial charge in [0.05, 0.1) is 73.4 Å². The van der Waals surface area contributed by atoms with E-state index in [1.165, 1.54) is 10.8 Å². The van der Waals surface area contributed by atoms with Crippen LogP contribution in [0, 0.1) is 22.7 Å². The standard InChI is InChI=1S/C69H42N6/c70-41-44-33-37-46(38-34-44)65-56(43-72-57-25-9-1-17-48(57)49-18-2-10-26-58(49)72)66(47-39-35-45(42-71)36-40-47)68(74-61-29-13-5-21-52(61)53-22-6-14-30-62(53)74)69(75-63-31-15-7-23-54(63)55-24-8-16-32-64(55)75)67(65)73-59-27-11-3-19-50(59)51-20-4-12-28-60(51)73/h1-40H,43H2. The van der Waals surface area contributed by atoms with Crippen LogP contribution in [0.3, 0.4) is 0 Å². The van der Waals surface area contributed by atoms with E-state index in [0.717, 1.165) is 121 Å². The molecule has 0 aliphatic heterocycles. The van der Waals surface area contributed by atoms with Gasteiger partial charge in [0, 0.05) is 71.8 Å². The van der Waals surface area contributed by atoms with Gasteiger partial charge in [-0.1, -0.05) is 170 Å². The molecule has 0 saturated heterocycles. The van der Waals surface area contributed by atoms with Crippen molar-refractivity contribution in [3.05, 3.63) is 259 Å². The van der Waals surface area contributed by atoms with Gasteiger partial charge in [0.25, 0.3) is 0 Å². The van der Waals surface area contributed by atoms with E-state index in [-0.39, 0.29) is 0 Å². The summed E-state index contributed by atoms with van der Waals surface area (Å²) in [6, 6.07) is 91.5. The first-order chi connectivity index (χ1) is 37.2. The van der Waals surface area contributed by atoms with Crippen LogP contribution in [0.5, 0.6) is 0 Å². The van der Waals surface area contributed by atoms with Crippen molar-refractivity contribution >= 4 is 87.2 Å². The summed E-state index contributed by atoms with van der Waals surface area (Å²) < 4.78 is 10.1. The second-order valence-electron chi connectivity index (χ2n) is 19.4. The lowest BCUT2D eigenvalue weighted by Gasteiger charge is -2.31. The van der Waals surface area contributed by atoms with Gasteiger partial charge >= 0.3 is 0 Å². The molecule has 0 unspecified atom stereocenters. The van der Waals surface area contributed by atoms with Gasteiger partial charge in [-0.15, -0.1) is 0 Å². The zero-order valence-corrected chi connectivity index (χ0v) is 40.5. The molecule has 0 N–H and O–H groups in total. The van der Waals surface area contributed by atoms with Crippen molar-refractivity contribution < 1.29 is 0 Å². The lowest BCUT2D eigenvalue weighted by atomic mass is 9.86. The van der Waals surface area contributed by atoms with Gasteiger partial charge in [-0.25, -0.2) is 0 Å². The maximum atomic E-state index is 10.4. The van der Waals surface area contributed by atoms with Crippen LogP contribution in [0.25, 0.3) is 127 Å². The summed E-state index contributed by atoms with van der Waals surface area (Å²) in [5.74, 6) is 0. The van der Waals surface area contributed by atoms with Crippen molar-refractivity contribution in [2.24, 2.45) is 0 Å². The molecule has 0 aliphatic rings. The summed E-state index contributed by atoms with van der Waals surface area (Å²) >= 11 is 0. The van der Waals surface area contributed by atoms with Crippen molar-refractivity contribution in [3.8, 4) is 51.5 Å². The molecule has 348 valence electrons. The highest BCUT2D eigenvalue weighted by Gasteiger charge is 2.34. The number of nitriles is 2. The molecule has 0 amide bonds. The molecule has 15 rings (SSSR count). The third-order valence-electron chi connectivity index (χ3n) is 15.5. The third-order valence-corrected chi connectivity index (χ3v) is 15.5. The fraction of sp³-hybridized carbons (Fsp3) is 0.0145. The minimum absolute atomic E-state index is 0.459. The molecule has 0 aliphatic carbocycles. The van der Waals surface area contributed by atoms with E-state index in [0.29, 0.717) is 17.7 Å². The molecular formula is C69H42N6. The van der Waals surface area contributed by atoms with Crippen molar-refractivity contribution in [1.29, 1.82) is 10.5 Å². The van der Waals surface area contributed by atoms with E-state index in [4.69, 9.17) is 0 Å². The fourth-order valence-corrected chi connectivity index (χ4v) is 12.4. The Bertz CT molecular complexity index is 4520. The number of hydrogen-bond acceptors (Lipinski definition) is 2. The Labute approximate surface area is 431 Å².